The van der Waals surface area contributed by atoms with Gasteiger partial charge in [0.2, 0.25) is 10.0 Å². The summed E-state index contributed by atoms with van der Waals surface area (Å²) in [6.07, 6.45) is -4.49. The summed E-state index contributed by atoms with van der Waals surface area (Å²) in [5, 5.41) is 4.65. The molecule has 0 bridgehead atoms. The third-order valence-corrected chi connectivity index (χ3v) is 2.63. The molecule has 0 saturated heterocycles. The SMILES string of the molecule is COc1c[nH]c(=O)c(S(N)(=O)=O)c1OC(F)(F)F. The Morgan fingerprint density at radius 3 is 2.33 bits per heavy atom. The molecule has 1 aromatic rings. The number of nitrogens with two attached hydrogens (primary N) is 1. The maximum Gasteiger partial charge on any atom is 0.573 e. The standard InChI is InChI=1S/C7H7F3N2O5S/c1-16-3-2-12-6(13)5(18(11,14)15)4(3)17-7(8,9)10/h2H,1H3,(H,12,13)(H2,11,14,15). The zero-order chi connectivity index (χ0) is 14.1. The Morgan fingerprint density at radius 1 is 1.39 bits per heavy atom. The van der Waals surface area contributed by atoms with Crippen LogP contribution in [-0.4, -0.2) is 26.9 Å². The first-order valence-electron chi connectivity index (χ1n) is 4.14. The summed E-state index contributed by atoms with van der Waals surface area (Å²) in [7, 11) is -3.76. The van der Waals surface area contributed by atoms with Gasteiger partial charge in [0.25, 0.3) is 5.56 Å². The van der Waals surface area contributed by atoms with Gasteiger partial charge in [0, 0.05) is 0 Å². The van der Waals surface area contributed by atoms with Gasteiger partial charge in [-0.05, 0) is 0 Å². The van der Waals surface area contributed by atoms with Gasteiger partial charge in [-0.25, -0.2) is 13.6 Å². The molecule has 1 heterocycles. The number of pyridine rings is 1. The number of hydrogen-bond donors (Lipinski definition) is 2. The predicted molar refractivity (Wildman–Crippen MR) is 51.7 cm³/mol. The second-order valence-electron chi connectivity index (χ2n) is 2.94. The lowest BCUT2D eigenvalue weighted by atomic mass is 10.4. The van der Waals surface area contributed by atoms with Crippen molar-refractivity contribution in [1.29, 1.82) is 0 Å². The zero-order valence-electron chi connectivity index (χ0n) is 8.74. The maximum atomic E-state index is 12.1. The van der Waals surface area contributed by atoms with Gasteiger partial charge in [-0.2, -0.15) is 0 Å². The van der Waals surface area contributed by atoms with Crippen LogP contribution in [0.5, 0.6) is 11.5 Å². The number of hydrogen-bond acceptors (Lipinski definition) is 5. The zero-order valence-corrected chi connectivity index (χ0v) is 9.55. The number of sulfonamides is 1. The number of nitrogens with one attached hydrogen (secondary N) is 1. The summed E-state index contributed by atoms with van der Waals surface area (Å²) in [4.78, 5) is 11.7. The number of ether oxygens (including phenoxy) is 2. The highest BCUT2D eigenvalue weighted by Crippen LogP contribution is 2.34. The summed E-state index contributed by atoms with van der Waals surface area (Å²) in [6, 6.07) is 0. The minimum atomic E-state index is -5.21. The van der Waals surface area contributed by atoms with E-state index in [2.05, 4.69) is 14.6 Å². The van der Waals surface area contributed by atoms with Crippen LogP contribution in [0.25, 0.3) is 0 Å². The number of H-pyrrole nitrogens is 1. The molecule has 11 heteroatoms. The van der Waals surface area contributed by atoms with Crippen molar-refractivity contribution in [2.45, 2.75) is 11.3 Å². The van der Waals surface area contributed by atoms with Crippen molar-refractivity contribution in [3.05, 3.63) is 16.6 Å². The summed E-state index contributed by atoms with van der Waals surface area (Å²) in [5.74, 6) is -1.94. The fourth-order valence-corrected chi connectivity index (χ4v) is 1.82. The van der Waals surface area contributed by atoms with Crippen molar-refractivity contribution in [2.75, 3.05) is 7.11 Å². The third kappa shape index (κ3) is 3.13. The molecule has 1 aromatic heterocycles. The molecule has 0 unspecified atom stereocenters. The highest BCUT2D eigenvalue weighted by atomic mass is 32.2. The monoisotopic (exact) mass is 288 g/mol. The smallest absolute Gasteiger partial charge is 0.491 e. The summed E-state index contributed by atoms with van der Waals surface area (Å²) in [5.41, 5.74) is -1.35. The molecule has 3 N–H and O–H groups in total. The van der Waals surface area contributed by atoms with E-state index in [0.29, 0.717) is 0 Å². The lowest BCUT2D eigenvalue weighted by Gasteiger charge is -2.14. The first-order chi connectivity index (χ1) is 8.06. The van der Waals surface area contributed by atoms with E-state index in [1.165, 1.54) is 0 Å². The van der Waals surface area contributed by atoms with Crippen molar-refractivity contribution in [1.82, 2.24) is 4.98 Å². The average molecular weight is 288 g/mol. The van der Waals surface area contributed by atoms with Crippen LogP contribution in [0.15, 0.2) is 15.9 Å². The number of alkyl halides is 3. The molecule has 0 aliphatic heterocycles. The molecule has 1 rings (SSSR count). The molecule has 7 nitrogen and oxygen atoms in total. The second-order valence-corrected chi connectivity index (χ2v) is 4.44. The Bertz CT molecular complexity index is 606. The summed E-state index contributed by atoms with van der Waals surface area (Å²) < 4.78 is 66.5. The molecular formula is C7H7F3N2O5S. The lowest BCUT2D eigenvalue weighted by molar-refractivity contribution is -0.276. The van der Waals surface area contributed by atoms with Crippen molar-refractivity contribution in [2.24, 2.45) is 5.14 Å². The Morgan fingerprint density at radius 2 is 1.94 bits per heavy atom. The molecule has 18 heavy (non-hydrogen) atoms. The Balaban J connectivity index is 3.63. The number of primary sulfonamides is 1. The quantitative estimate of drug-likeness (QED) is 0.808. The largest absolute Gasteiger partial charge is 0.573 e. The average Bonchev–Trinajstić information content (AvgIpc) is 2.13. The van der Waals surface area contributed by atoms with Gasteiger partial charge in [0.15, 0.2) is 16.4 Å². The maximum absolute atomic E-state index is 12.1. The molecule has 0 saturated carbocycles. The van der Waals surface area contributed by atoms with Gasteiger partial charge in [0.1, 0.15) is 0 Å². The molecule has 0 spiro atoms. The number of halogens is 3. The van der Waals surface area contributed by atoms with Gasteiger partial charge in [-0.15, -0.1) is 13.2 Å². The number of methoxy groups -OCH3 is 1. The van der Waals surface area contributed by atoms with Crippen LogP contribution in [0.1, 0.15) is 0 Å². The van der Waals surface area contributed by atoms with Crippen molar-refractivity contribution >= 4 is 10.0 Å². The van der Waals surface area contributed by atoms with Gasteiger partial charge in [-0.1, -0.05) is 0 Å². The van der Waals surface area contributed by atoms with Gasteiger partial charge >= 0.3 is 6.36 Å². The Labute approximate surface area is 98.4 Å². The van der Waals surface area contributed by atoms with Crippen LogP contribution in [0, 0.1) is 0 Å². The number of aromatic nitrogens is 1. The van der Waals surface area contributed by atoms with Crippen molar-refractivity contribution in [3.8, 4) is 11.5 Å². The van der Waals surface area contributed by atoms with E-state index in [-0.39, 0.29) is 0 Å². The van der Waals surface area contributed by atoms with E-state index >= 15 is 0 Å². The molecule has 0 aliphatic rings. The predicted octanol–water partition coefficient (Wildman–Crippen LogP) is -0.0705. The molecule has 0 amide bonds. The molecule has 0 aromatic carbocycles. The van der Waals surface area contributed by atoms with E-state index in [4.69, 9.17) is 0 Å². The number of aromatic amines is 1. The van der Waals surface area contributed by atoms with Crippen molar-refractivity contribution in [3.63, 3.8) is 0 Å². The lowest BCUT2D eigenvalue weighted by Crippen LogP contribution is -2.27. The Hall–Kier alpha value is -1.75. The van der Waals surface area contributed by atoms with Crippen LogP contribution in [0.2, 0.25) is 0 Å². The van der Waals surface area contributed by atoms with E-state index in [9.17, 15) is 26.4 Å². The topological polar surface area (TPSA) is 111 Å². The first-order valence-corrected chi connectivity index (χ1v) is 5.69. The molecule has 0 atom stereocenters. The van der Waals surface area contributed by atoms with Crippen LogP contribution in [-0.2, 0) is 10.0 Å². The minimum absolute atomic E-state index is 0.629. The van der Waals surface area contributed by atoms with Gasteiger partial charge in [0.05, 0.1) is 13.3 Å². The molecule has 102 valence electrons. The van der Waals surface area contributed by atoms with E-state index in [1.807, 2.05) is 4.98 Å². The highest BCUT2D eigenvalue weighted by Gasteiger charge is 2.36. The fourth-order valence-electron chi connectivity index (χ4n) is 1.10. The summed E-state index contributed by atoms with van der Waals surface area (Å²) in [6.45, 7) is 0. The van der Waals surface area contributed by atoms with Gasteiger partial charge < -0.3 is 14.5 Å². The first kappa shape index (κ1) is 14.3. The van der Waals surface area contributed by atoms with Crippen molar-refractivity contribution < 1.29 is 31.1 Å². The normalized spacial score (nSPS) is 12.3. The van der Waals surface area contributed by atoms with Crippen LogP contribution >= 0.6 is 0 Å². The van der Waals surface area contributed by atoms with E-state index < -0.39 is 38.3 Å². The Kier molecular flexibility index (Phi) is 3.57. The minimum Gasteiger partial charge on any atom is -0.491 e. The van der Waals surface area contributed by atoms with Crippen LogP contribution in [0.4, 0.5) is 13.2 Å². The molecular weight excluding hydrogens is 281 g/mol. The van der Waals surface area contributed by atoms with E-state index in [0.717, 1.165) is 13.3 Å². The fraction of sp³-hybridized carbons (Fsp3) is 0.286. The highest BCUT2D eigenvalue weighted by molar-refractivity contribution is 7.89. The van der Waals surface area contributed by atoms with Crippen LogP contribution < -0.4 is 20.2 Å². The van der Waals surface area contributed by atoms with E-state index in [1.54, 1.807) is 0 Å². The number of rotatable bonds is 3. The molecule has 0 fully saturated rings. The molecule has 0 radical (unpaired) electrons. The molecule has 0 aliphatic carbocycles. The van der Waals surface area contributed by atoms with Gasteiger partial charge in [-0.3, -0.25) is 4.79 Å². The van der Waals surface area contributed by atoms with Crippen LogP contribution in [0.3, 0.4) is 0 Å². The second kappa shape index (κ2) is 4.49. The third-order valence-electron chi connectivity index (χ3n) is 1.69. The summed E-state index contributed by atoms with van der Waals surface area (Å²) >= 11 is 0.